The molecule has 33 heavy (non-hydrogen) atoms. The number of alkyl carbamates (subject to hydrolysis) is 1. The Hall–Kier alpha value is -3.61. The molecule has 0 bridgehead atoms. The van der Waals surface area contributed by atoms with Crippen LogP contribution in [0.25, 0.3) is 11.1 Å². The van der Waals surface area contributed by atoms with Crippen LogP contribution in [0.5, 0.6) is 0 Å². The molecule has 2 aromatic rings. The van der Waals surface area contributed by atoms with Crippen molar-refractivity contribution in [2.24, 2.45) is 5.92 Å². The Bertz CT molecular complexity index is 985. The molecular weight excluding hydrogens is 420 g/mol. The first-order valence-electron chi connectivity index (χ1n) is 11.2. The monoisotopic (exact) mass is 450 g/mol. The highest BCUT2D eigenvalue weighted by atomic mass is 16.5. The fourth-order valence-electron chi connectivity index (χ4n) is 3.99. The van der Waals surface area contributed by atoms with Gasteiger partial charge in [0.25, 0.3) is 0 Å². The summed E-state index contributed by atoms with van der Waals surface area (Å²) in [6.07, 6.45) is 2.85. The van der Waals surface area contributed by atoms with E-state index >= 15 is 0 Å². The van der Waals surface area contributed by atoms with Crippen molar-refractivity contribution in [1.29, 1.82) is 0 Å². The number of aliphatic carboxylic acids is 1. The molecule has 0 saturated heterocycles. The van der Waals surface area contributed by atoms with Gasteiger partial charge in [0.2, 0.25) is 5.91 Å². The minimum Gasteiger partial charge on any atom is -0.478 e. The van der Waals surface area contributed by atoms with Gasteiger partial charge in [-0.2, -0.15) is 0 Å². The van der Waals surface area contributed by atoms with Gasteiger partial charge in [-0.05, 0) is 41.0 Å². The minimum absolute atomic E-state index is 0.0627. The summed E-state index contributed by atoms with van der Waals surface area (Å²) < 4.78 is 5.56. The molecular formula is C26H30N2O5. The molecule has 1 aliphatic carbocycles. The molecule has 7 nitrogen and oxygen atoms in total. The fraction of sp³-hybridized carbons (Fsp3) is 0.346. The average molecular weight is 451 g/mol. The summed E-state index contributed by atoms with van der Waals surface area (Å²) in [4.78, 5) is 35.7. The summed E-state index contributed by atoms with van der Waals surface area (Å²) >= 11 is 0. The molecule has 1 unspecified atom stereocenters. The molecule has 3 N–H and O–H groups in total. The van der Waals surface area contributed by atoms with E-state index in [1.807, 2.05) is 50.2 Å². The van der Waals surface area contributed by atoms with Gasteiger partial charge in [-0.3, -0.25) is 4.79 Å². The largest absolute Gasteiger partial charge is 0.478 e. The summed E-state index contributed by atoms with van der Waals surface area (Å²) in [5.74, 6) is -1.17. The van der Waals surface area contributed by atoms with Crippen molar-refractivity contribution in [3.05, 3.63) is 71.8 Å². The number of carbonyl (C=O) groups excluding carboxylic acids is 2. The predicted octanol–water partition coefficient (Wildman–Crippen LogP) is 4.09. The van der Waals surface area contributed by atoms with Crippen LogP contribution in [0.4, 0.5) is 4.79 Å². The Morgan fingerprint density at radius 2 is 1.61 bits per heavy atom. The lowest BCUT2D eigenvalue weighted by Crippen LogP contribution is -2.47. The zero-order chi connectivity index (χ0) is 23.8. The van der Waals surface area contributed by atoms with E-state index in [1.54, 1.807) is 0 Å². The highest BCUT2D eigenvalue weighted by Crippen LogP contribution is 2.44. The third kappa shape index (κ3) is 6.44. The second-order valence-corrected chi connectivity index (χ2v) is 8.48. The number of carbonyl (C=O) groups is 3. The van der Waals surface area contributed by atoms with E-state index in [0.29, 0.717) is 12.3 Å². The fourth-order valence-corrected chi connectivity index (χ4v) is 3.99. The van der Waals surface area contributed by atoms with E-state index in [2.05, 4.69) is 22.8 Å². The van der Waals surface area contributed by atoms with Crippen LogP contribution in [-0.4, -0.2) is 42.3 Å². The van der Waals surface area contributed by atoms with Gasteiger partial charge in [0.15, 0.2) is 0 Å². The molecule has 0 fully saturated rings. The Labute approximate surface area is 193 Å². The molecule has 0 aliphatic heterocycles. The molecule has 174 valence electrons. The molecule has 1 aliphatic rings. The van der Waals surface area contributed by atoms with Gasteiger partial charge in [-0.1, -0.05) is 68.5 Å². The molecule has 7 heteroatoms. The molecule has 0 aromatic heterocycles. The lowest BCUT2D eigenvalue weighted by molar-refractivity contribution is -0.131. The van der Waals surface area contributed by atoms with Crippen molar-refractivity contribution in [2.45, 2.75) is 38.6 Å². The number of amides is 2. The van der Waals surface area contributed by atoms with Gasteiger partial charge >= 0.3 is 12.1 Å². The van der Waals surface area contributed by atoms with E-state index in [4.69, 9.17) is 9.84 Å². The second-order valence-electron chi connectivity index (χ2n) is 8.48. The first kappa shape index (κ1) is 24.0. The molecule has 0 saturated carbocycles. The Kier molecular flexibility index (Phi) is 8.24. The van der Waals surface area contributed by atoms with Crippen LogP contribution < -0.4 is 10.6 Å². The second kappa shape index (κ2) is 11.3. The van der Waals surface area contributed by atoms with Crippen LogP contribution in [0.2, 0.25) is 0 Å². The van der Waals surface area contributed by atoms with Gasteiger partial charge in [0, 0.05) is 18.5 Å². The topological polar surface area (TPSA) is 105 Å². The van der Waals surface area contributed by atoms with E-state index in [-0.39, 0.29) is 25.0 Å². The molecule has 0 spiro atoms. The number of ether oxygens (including phenoxy) is 1. The smallest absolute Gasteiger partial charge is 0.407 e. The lowest BCUT2D eigenvalue weighted by atomic mass is 9.98. The van der Waals surface area contributed by atoms with Crippen molar-refractivity contribution < 1.29 is 24.2 Å². The van der Waals surface area contributed by atoms with Crippen molar-refractivity contribution in [2.75, 3.05) is 13.2 Å². The van der Waals surface area contributed by atoms with Gasteiger partial charge in [-0.25, -0.2) is 9.59 Å². The summed E-state index contributed by atoms with van der Waals surface area (Å²) in [7, 11) is 0. The highest BCUT2D eigenvalue weighted by Gasteiger charge is 2.29. The summed E-state index contributed by atoms with van der Waals surface area (Å²) in [6.45, 7) is 4.31. The Balaban J connectivity index is 1.62. The van der Waals surface area contributed by atoms with Crippen LogP contribution >= 0.6 is 0 Å². The van der Waals surface area contributed by atoms with Crippen LogP contribution in [0.3, 0.4) is 0 Å². The summed E-state index contributed by atoms with van der Waals surface area (Å²) in [6, 6.07) is 15.4. The number of carboxylic acids is 1. The normalized spacial score (nSPS) is 13.4. The first-order chi connectivity index (χ1) is 15.9. The molecule has 1 atom stereocenters. The van der Waals surface area contributed by atoms with Gasteiger partial charge in [-0.15, -0.1) is 0 Å². The van der Waals surface area contributed by atoms with Crippen LogP contribution in [-0.2, 0) is 14.3 Å². The molecule has 2 amide bonds. The van der Waals surface area contributed by atoms with Crippen LogP contribution in [0.1, 0.15) is 43.7 Å². The summed E-state index contributed by atoms with van der Waals surface area (Å²) in [5, 5.41) is 14.0. The molecule has 2 aromatic carbocycles. The molecule has 0 heterocycles. The zero-order valence-corrected chi connectivity index (χ0v) is 18.9. The number of carboxylic acid groups (broad SMARTS) is 1. The summed E-state index contributed by atoms with van der Waals surface area (Å²) in [5.41, 5.74) is 4.52. The van der Waals surface area contributed by atoms with Gasteiger partial charge < -0.3 is 20.5 Å². The number of hydrogen-bond donors (Lipinski definition) is 3. The van der Waals surface area contributed by atoms with E-state index in [1.165, 1.54) is 6.08 Å². The third-order valence-corrected chi connectivity index (χ3v) is 5.64. The Morgan fingerprint density at radius 1 is 1.00 bits per heavy atom. The number of hydrogen-bond acceptors (Lipinski definition) is 4. The standard InChI is InChI=1S/C26H30N2O5/c1-17(2)13-14-23(25(31)27-15-7-12-24(29)30)28-26(32)33-16-22-20-10-5-3-8-18(20)19-9-4-6-11-21(19)22/h3-12,17,22-23H,13-16H2,1-2H3,(H,27,31)(H,28,32)(H,29,30)/b12-7+. The van der Waals surface area contributed by atoms with Crippen molar-refractivity contribution in [3.8, 4) is 11.1 Å². The Morgan fingerprint density at radius 3 is 2.18 bits per heavy atom. The van der Waals surface area contributed by atoms with Crippen molar-refractivity contribution >= 4 is 18.0 Å². The number of benzene rings is 2. The minimum atomic E-state index is -1.09. The quantitative estimate of drug-likeness (QED) is 0.473. The van der Waals surface area contributed by atoms with E-state index < -0.39 is 18.1 Å². The van der Waals surface area contributed by atoms with E-state index in [0.717, 1.165) is 34.8 Å². The van der Waals surface area contributed by atoms with Crippen LogP contribution in [0.15, 0.2) is 60.7 Å². The first-order valence-corrected chi connectivity index (χ1v) is 11.2. The molecule has 3 rings (SSSR count). The SMILES string of the molecule is CC(C)CCC(NC(=O)OCC1c2ccccc2-c2ccccc21)C(=O)NC/C=C/C(=O)O. The maximum atomic E-state index is 12.6. The maximum absolute atomic E-state index is 12.6. The molecule has 0 radical (unpaired) electrons. The lowest BCUT2D eigenvalue weighted by Gasteiger charge is -2.20. The number of rotatable bonds is 10. The predicted molar refractivity (Wildman–Crippen MR) is 126 cm³/mol. The van der Waals surface area contributed by atoms with E-state index in [9.17, 15) is 14.4 Å². The average Bonchev–Trinajstić information content (AvgIpc) is 3.11. The van der Waals surface area contributed by atoms with Gasteiger partial charge in [0.1, 0.15) is 12.6 Å². The number of fused-ring (bicyclic) bond motifs is 3. The van der Waals surface area contributed by atoms with Crippen LogP contribution in [0, 0.1) is 5.92 Å². The number of nitrogens with one attached hydrogen (secondary N) is 2. The zero-order valence-electron chi connectivity index (χ0n) is 18.9. The van der Waals surface area contributed by atoms with Crippen molar-refractivity contribution in [1.82, 2.24) is 10.6 Å². The highest BCUT2D eigenvalue weighted by molar-refractivity contribution is 5.86. The third-order valence-electron chi connectivity index (χ3n) is 5.64. The maximum Gasteiger partial charge on any atom is 0.407 e. The van der Waals surface area contributed by atoms with Crippen molar-refractivity contribution in [3.63, 3.8) is 0 Å². The van der Waals surface area contributed by atoms with Gasteiger partial charge in [0.05, 0.1) is 0 Å².